The van der Waals surface area contributed by atoms with E-state index in [9.17, 15) is 9.90 Å². The van der Waals surface area contributed by atoms with Gasteiger partial charge >= 0.3 is 5.97 Å². The lowest BCUT2D eigenvalue weighted by Crippen LogP contribution is -2.19. The van der Waals surface area contributed by atoms with Gasteiger partial charge in [-0.2, -0.15) is 0 Å². The third kappa shape index (κ3) is 2.09. The molecule has 0 saturated heterocycles. The molecule has 6 heteroatoms. The average molecular weight is 315 g/mol. The van der Waals surface area contributed by atoms with Crippen molar-refractivity contribution in [3.8, 4) is 0 Å². The first-order valence-electron chi connectivity index (χ1n) is 7.53. The van der Waals surface area contributed by atoms with Crippen molar-refractivity contribution < 1.29 is 9.90 Å². The zero-order chi connectivity index (χ0) is 15.3. The molecule has 2 bridgehead atoms. The zero-order valence-electron chi connectivity index (χ0n) is 12.2. The Labute approximate surface area is 132 Å². The summed E-state index contributed by atoms with van der Waals surface area (Å²) in [6, 6.07) is 0. The first kappa shape index (κ1) is 13.7. The number of hydrogen-bond acceptors (Lipinski definition) is 5. The molecule has 2 aromatic heterocycles. The number of nitrogens with zero attached hydrogens (tertiary/aromatic N) is 2. The molecular formula is C16H17N3O2S. The van der Waals surface area contributed by atoms with E-state index in [1.807, 2.05) is 6.92 Å². The smallest absolute Gasteiger partial charge is 0.346 e. The number of rotatable bonds is 4. The lowest BCUT2D eigenvalue weighted by atomic mass is 9.93. The van der Waals surface area contributed by atoms with Crippen LogP contribution in [0.1, 0.15) is 28.1 Å². The van der Waals surface area contributed by atoms with Gasteiger partial charge < -0.3 is 10.4 Å². The molecule has 2 aliphatic rings. The van der Waals surface area contributed by atoms with Crippen molar-refractivity contribution in [2.45, 2.75) is 19.8 Å². The van der Waals surface area contributed by atoms with Gasteiger partial charge in [0.2, 0.25) is 0 Å². The number of hydrogen-bond donors (Lipinski definition) is 2. The predicted octanol–water partition coefficient (Wildman–Crippen LogP) is 3.32. The quantitative estimate of drug-likeness (QED) is 0.847. The summed E-state index contributed by atoms with van der Waals surface area (Å²) in [5, 5.41) is 13.6. The summed E-state index contributed by atoms with van der Waals surface area (Å²) in [7, 11) is 0. The molecule has 2 aliphatic carbocycles. The molecule has 0 unspecified atom stereocenters. The lowest BCUT2D eigenvalue weighted by molar-refractivity contribution is 0.0701. The molecule has 2 heterocycles. The van der Waals surface area contributed by atoms with E-state index in [0.717, 1.165) is 34.1 Å². The van der Waals surface area contributed by atoms with Crippen molar-refractivity contribution in [3.63, 3.8) is 0 Å². The van der Waals surface area contributed by atoms with E-state index in [0.29, 0.717) is 16.7 Å². The minimum atomic E-state index is -0.898. The minimum absolute atomic E-state index is 0.349. The van der Waals surface area contributed by atoms with Crippen LogP contribution in [0, 0.1) is 24.7 Å². The second-order valence-electron chi connectivity index (χ2n) is 6.18. The van der Waals surface area contributed by atoms with Gasteiger partial charge in [-0.3, -0.25) is 0 Å². The Morgan fingerprint density at radius 1 is 1.41 bits per heavy atom. The highest BCUT2D eigenvalue weighted by atomic mass is 32.1. The highest BCUT2D eigenvalue weighted by Crippen LogP contribution is 2.43. The Bertz CT molecular complexity index is 783. The molecule has 2 N–H and O–H groups in total. The molecule has 1 fully saturated rings. The molecule has 22 heavy (non-hydrogen) atoms. The fraction of sp³-hybridized carbons (Fsp3) is 0.438. The van der Waals surface area contributed by atoms with E-state index in [-0.39, 0.29) is 0 Å². The van der Waals surface area contributed by atoms with E-state index >= 15 is 0 Å². The Hall–Kier alpha value is -1.95. The van der Waals surface area contributed by atoms with Gasteiger partial charge in [-0.1, -0.05) is 12.2 Å². The van der Waals surface area contributed by atoms with Crippen LogP contribution in [0.4, 0.5) is 5.82 Å². The number of aromatic nitrogens is 2. The predicted molar refractivity (Wildman–Crippen MR) is 86.4 cm³/mol. The summed E-state index contributed by atoms with van der Waals surface area (Å²) in [5.41, 5.74) is 0.753. The average Bonchev–Trinajstić information content (AvgIpc) is 3.19. The van der Waals surface area contributed by atoms with Gasteiger partial charge in [-0.05, 0) is 43.1 Å². The number of aryl methyl sites for hydroxylation is 1. The van der Waals surface area contributed by atoms with Crippen molar-refractivity contribution >= 4 is 33.3 Å². The van der Waals surface area contributed by atoms with E-state index in [2.05, 4.69) is 27.4 Å². The summed E-state index contributed by atoms with van der Waals surface area (Å²) < 4.78 is 0. The van der Waals surface area contributed by atoms with Gasteiger partial charge in [0, 0.05) is 6.54 Å². The number of anilines is 1. The normalized spacial score (nSPS) is 26.0. The molecule has 0 aliphatic heterocycles. The summed E-state index contributed by atoms with van der Waals surface area (Å²) in [6.07, 6.45) is 8.71. The number of nitrogens with one attached hydrogen (secondary N) is 1. The molecule has 4 rings (SSSR count). The molecule has 3 atom stereocenters. The van der Waals surface area contributed by atoms with E-state index in [4.69, 9.17) is 0 Å². The van der Waals surface area contributed by atoms with Crippen molar-refractivity contribution in [2.24, 2.45) is 17.8 Å². The molecule has 0 amide bonds. The second kappa shape index (κ2) is 5.05. The number of carbonyl (C=O) groups is 1. The van der Waals surface area contributed by atoms with Gasteiger partial charge in [0.25, 0.3) is 0 Å². The molecule has 5 nitrogen and oxygen atoms in total. The standard InChI is InChI=1S/C16H17N3O2S/c1-8-12-14(17-6-11-5-9-2-3-10(11)4-9)18-7-19-15(12)22-13(8)16(20)21/h2-3,7,9-11H,4-6H2,1H3,(H,20,21)(H,17,18,19)/t9-,10+,11-/m0/s1. The van der Waals surface area contributed by atoms with Crippen LogP contribution >= 0.6 is 11.3 Å². The molecule has 114 valence electrons. The number of carboxylic acids is 1. The highest BCUT2D eigenvalue weighted by Gasteiger charge is 2.35. The van der Waals surface area contributed by atoms with Gasteiger partial charge in [0.05, 0.1) is 5.39 Å². The van der Waals surface area contributed by atoms with Crippen LogP contribution in [-0.2, 0) is 0 Å². The monoisotopic (exact) mass is 315 g/mol. The minimum Gasteiger partial charge on any atom is -0.477 e. The van der Waals surface area contributed by atoms with Gasteiger partial charge in [-0.25, -0.2) is 14.8 Å². The molecule has 0 radical (unpaired) electrons. The maximum absolute atomic E-state index is 11.3. The molecule has 0 spiro atoms. The van der Waals surface area contributed by atoms with Crippen LogP contribution in [0.2, 0.25) is 0 Å². The van der Waals surface area contributed by atoms with Gasteiger partial charge in [0.1, 0.15) is 21.9 Å². The summed E-state index contributed by atoms with van der Waals surface area (Å²) in [5.74, 6) is 1.96. The SMILES string of the molecule is Cc1c(C(=O)O)sc2ncnc(NC[C@@H]3C[C@H]4C=C[C@@H]3C4)c12. The van der Waals surface area contributed by atoms with E-state index in [1.165, 1.54) is 30.5 Å². The van der Waals surface area contributed by atoms with Crippen LogP contribution in [-0.4, -0.2) is 27.6 Å². The molecule has 1 saturated carbocycles. The van der Waals surface area contributed by atoms with E-state index in [1.54, 1.807) is 0 Å². The van der Waals surface area contributed by atoms with Gasteiger partial charge in [0.15, 0.2) is 0 Å². The topological polar surface area (TPSA) is 75.1 Å². The van der Waals surface area contributed by atoms with Gasteiger partial charge in [-0.15, -0.1) is 11.3 Å². The lowest BCUT2D eigenvalue weighted by Gasteiger charge is -2.19. The number of thiophene rings is 1. The van der Waals surface area contributed by atoms with Crippen LogP contribution in [0.5, 0.6) is 0 Å². The van der Waals surface area contributed by atoms with Crippen molar-refractivity contribution in [1.82, 2.24) is 9.97 Å². The maximum Gasteiger partial charge on any atom is 0.346 e. The largest absolute Gasteiger partial charge is 0.477 e. The number of aromatic carboxylic acids is 1. The first-order chi connectivity index (χ1) is 10.6. The summed E-state index contributed by atoms with van der Waals surface area (Å²) >= 11 is 1.21. The fourth-order valence-electron chi connectivity index (χ4n) is 3.77. The van der Waals surface area contributed by atoms with Crippen molar-refractivity contribution in [3.05, 3.63) is 28.9 Å². The number of allylic oxidation sites excluding steroid dienone is 2. The zero-order valence-corrected chi connectivity index (χ0v) is 13.1. The summed E-state index contributed by atoms with van der Waals surface area (Å²) in [6.45, 7) is 2.71. The number of carboxylic acid groups (broad SMARTS) is 1. The summed E-state index contributed by atoms with van der Waals surface area (Å²) in [4.78, 5) is 20.9. The maximum atomic E-state index is 11.3. The highest BCUT2D eigenvalue weighted by molar-refractivity contribution is 7.20. The van der Waals surface area contributed by atoms with E-state index < -0.39 is 5.97 Å². The van der Waals surface area contributed by atoms with Crippen molar-refractivity contribution in [2.75, 3.05) is 11.9 Å². The second-order valence-corrected chi connectivity index (χ2v) is 7.18. The van der Waals surface area contributed by atoms with Crippen LogP contribution < -0.4 is 5.32 Å². The fourth-order valence-corrected chi connectivity index (χ4v) is 4.75. The Kier molecular flexibility index (Phi) is 3.14. The van der Waals surface area contributed by atoms with Crippen LogP contribution in [0.15, 0.2) is 18.5 Å². The Morgan fingerprint density at radius 2 is 2.27 bits per heavy atom. The van der Waals surface area contributed by atoms with Crippen molar-refractivity contribution in [1.29, 1.82) is 0 Å². The number of fused-ring (bicyclic) bond motifs is 3. The first-order valence-corrected chi connectivity index (χ1v) is 8.34. The molecule has 0 aromatic carbocycles. The van der Waals surface area contributed by atoms with Crippen LogP contribution in [0.3, 0.4) is 0 Å². The molecular weight excluding hydrogens is 298 g/mol. The Morgan fingerprint density at radius 3 is 2.95 bits per heavy atom. The third-order valence-corrected chi connectivity index (χ3v) is 6.06. The third-order valence-electron chi connectivity index (χ3n) is 4.87. The molecule has 2 aromatic rings. The Balaban J connectivity index is 1.61. The van der Waals surface area contributed by atoms with Crippen LogP contribution in [0.25, 0.3) is 10.2 Å².